The standard InChI is InChI=1S/C60H40N6Si/c1-4-20-42(21-5-1)67(43-22-6-2-7-23-43,44-24-8-3-9-25-44)45-39-58(64-51-30-14-10-26-46(51)47-27-11-15-31-52(47)64)62-59(40-45)65-53-32-16-12-28-48(53)49-38-41(36-37-54(49)65)63-56-34-18-19-35-57(56)66-55-33-17-13-29-50(55)61-60(63)66/h1-40H. The summed E-state index contributed by atoms with van der Waals surface area (Å²) in [7, 11) is -3.05. The summed E-state index contributed by atoms with van der Waals surface area (Å²) in [6, 6.07) is 88.4. The predicted octanol–water partition coefficient (Wildman–Crippen LogP) is 11.4. The molecule has 14 rings (SSSR count). The van der Waals surface area contributed by atoms with Gasteiger partial charge in [0.1, 0.15) is 11.6 Å². The molecule has 0 saturated heterocycles. The van der Waals surface area contributed by atoms with Crippen molar-refractivity contribution in [2.75, 3.05) is 0 Å². The highest BCUT2D eigenvalue weighted by molar-refractivity contribution is 7.20. The molecule has 14 aromatic rings. The highest BCUT2D eigenvalue weighted by Gasteiger charge is 2.42. The minimum absolute atomic E-state index is 0.862. The number of nitrogens with zero attached hydrogens (tertiary/aromatic N) is 6. The summed E-state index contributed by atoms with van der Waals surface area (Å²) in [4.78, 5) is 11.0. The summed E-state index contributed by atoms with van der Waals surface area (Å²) in [6.07, 6.45) is 0. The Hall–Kier alpha value is -8.78. The van der Waals surface area contributed by atoms with Gasteiger partial charge in [-0.25, -0.2) is 9.97 Å². The van der Waals surface area contributed by atoms with Crippen molar-refractivity contribution >= 4 is 100 Å². The third-order valence-corrected chi connectivity index (χ3v) is 18.7. The first-order valence-electron chi connectivity index (χ1n) is 22.8. The second-order valence-corrected chi connectivity index (χ2v) is 21.2. The summed E-state index contributed by atoms with van der Waals surface area (Å²) in [5.41, 5.74) is 9.75. The van der Waals surface area contributed by atoms with Crippen molar-refractivity contribution < 1.29 is 0 Å². The molecule has 0 bridgehead atoms. The first-order valence-corrected chi connectivity index (χ1v) is 24.8. The number of pyridine rings is 1. The minimum atomic E-state index is -3.05. The Balaban J connectivity index is 1.10. The normalized spacial score (nSPS) is 12.2. The molecule has 314 valence electrons. The molecule has 0 atom stereocenters. The maximum absolute atomic E-state index is 5.82. The SMILES string of the molecule is c1ccc([Si](c2ccccc2)(c2ccccc2)c2cc(-n3c4ccccc4c4ccccc43)nc(-n3c4ccccc4c4cc(-n5c6ccccc6n6c7ccccc7nc56)ccc43)c2)cc1. The van der Waals surface area contributed by atoms with Crippen molar-refractivity contribution in [2.24, 2.45) is 0 Å². The summed E-state index contributed by atoms with van der Waals surface area (Å²) in [5.74, 6) is 2.63. The lowest BCUT2D eigenvalue weighted by atomic mass is 10.1. The van der Waals surface area contributed by atoms with E-state index in [-0.39, 0.29) is 0 Å². The number of hydrogen-bond donors (Lipinski definition) is 0. The number of aromatic nitrogens is 6. The molecule has 7 heteroatoms. The van der Waals surface area contributed by atoms with Gasteiger partial charge < -0.3 is 0 Å². The van der Waals surface area contributed by atoms with Crippen molar-refractivity contribution in [3.63, 3.8) is 0 Å². The zero-order chi connectivity index (χ0) is 44.1. The molecule has 0 aliphatic heterocycles. The van der Waals surface area contributed by atoms with Crippen LogP contribution >= 0.6 is 0 Å². The van der Waals surface area contributed by atoms with Gasteiger partial charge in [-0.3, -0.25) is 18.1 Å². The van der Waals surface area contributed by atoms with E-state index in [0.717, 1.165) is 78.0 Å². The van der Waals surface area contributed by atoms with Gasteiger partial charge in [0.2, 0.25) is 5.78 Å². The average molecular weight is 873 g/mol. The van der Waals surface area contributed by atoms with Gasteiger partial charge >= 0.3 is 0 Å². The molecule has 0 spiro atoms. The number of benzene rings is 9. The van der Waals surface area contributed by atoms with E-state index in [0.29, 0.717) is 0 Å². The molecule has 0 saturated carbocycles. The van der Waals surface area contributed by atoms with E-state index in [4.69, 9.17) is 9.97 Å². The largest absolute Gasteiger partial charge is 0.294 e. The van der Waals surface area contributed by atoms with E-state index in [1.807, 2.05) is 0 Å². The molecule has 0 aliphatic rings. The quantitative estimate of drug-likeness (QED) is 0.118. The predicted molar refractivity (Wildman–Crippen MR) is 280 cm³/mol. The minimum Gasteiger partial charge on any atom is -0.294 e. The van der Waals surface area contributed by atoms with Gasteiger partial charge in [0.05, 0.1) is 44.1 Å². The highest BCUT2D eigenvalue weighted by atomic mass is 28.3. The van der Waals surface area contributed by atoms with E-state index in [9.17, 15) is 0 Å². The van der Waals surface area contributed by atoms with Crippen LogP contribution in [0.15, 0.2) is 243 Å². The molecule has 0 amide bonds. The topological polar surface area (TPSA) is 45.0 Å². The molecule has 0 unspecified atom stereocenters. The maximum atomic E-state index is 5.82. The van der Waals surface area contributed by atoms with Crippen molar-refractivity contribution in [3.8, 4) is 17.3 Å². The third-order valence-electron chi connectivity index (χ3n) is 13.9. The van der Waals surface area contributed by atoms with Crippen LogP contribution in [0, 0.1) is 0 Å². The van der Waals surface area contributed by atoms with Crippen LogP contribution in [0.1, 0.15) is 0 Å². The van der Waals surface area contributed by atoms with Gasteiger partial charge in [0.25, 0.3) is 0 Å². The van der Waals surface area contributed by atoms with Crippen LogP contribution in [-0.4, -0.2) is 36.1 Å². The lowest BCUT2D eigenvalue weighted by Gasteiger charge is -2.35. The summed E-state index contributed by atoms with van der Waals surface area (Å²) in [5, 5.41) is 9.86. The van der Waals surface area contributed by atoms with Crippen LogP contribution in [0.25, 0.3) is 88.8 Å². The van der Waals surface area contributed by atoms with Crippen LogP contribution in [0.5, 0.6) is 0 Å². The van der Waals surface area contributed by atoms with Gasteiger partial charge in [0, 0.05) is 27.2 Å². The Morgan fingerprint density at radius 3 is 1.24 bits per heavy atom. The molecule has 6 nitrogen and oxygen atoms in total. The fourth-order valence-corrected chi connectivity index (χ4v) is 15.9. The van der Waals surface area contributed by atoms with Gasteiger partial charge in [-0.15, -0.1) is 0 Å². The number of hydrogen-bond acceptors (Lipinski definition) is 2. The van der Waals surface area contributed by atoms with E-state index in [1.54, 1.807) is 0 Å². The maximum Gasteiger partial charge on any atom is 0.220 e. The molecule has 9 aromatic carbocycles. The molecule has 5 aromatic heterocycles. The smallest absolute Gasteiger partial charge is 0.220 e. The lowest BCUT2D eigenvalue weighted by Crippen LogP contribution is -2.74. The average Bonchev–Trinajstić information content (AvgIpc) is 4.13. The molecule has 67 heavy (non-hydrogen) atoms. The number of imidazole rings is 2. The zero-order valence-electron chi connectivity index (χ0n) is 36.3. The zero-order valence-corrected chi connectivity index (χ0v) is 37.3. The van der Waals surface area contributed by atoms with E-state index >= 15 is 0 Å². The van der Waals surface area contributed by atoms with Gasteiger partial charge in [0.15, 0.2) is 8.07 Å². The number of fused-ring (bicyclic) bond motifs is 11. The van der Waals surface area contributed by atoms with Gasteiger partial charge in [-0.05, 0) is 93.5 Å². The van der Waals surface area contributed by atoms with Gasteiger partial charge in [-0.1, -0.05) is 170 Å². The molecular formula is C60H40N6Si. The fourth-order valence-electron chi connectivity index (χ4n) is 11.1. The van der Waals surface area contributed by atoms with Gasteiger partial charge in [-0.2, -0.15) is 0 Å². The monoisotopic (exact) mass is 872 g/mol. The Bertz CT molecular complexity index is 4070. The Morgan fingerprint density at radius 1 is 0.284 bits per heavy atom. The number of para-hydroxylation sites is 7. The van der Waals surface area contributed by atoms with Crippen molar-refractivity contribution in [1.29, 1.82) is 0 Å². The molecule has 0 radical (unpaired) electrons. The number of rotatable bonds is 7. The Labute approximate surface area is 386 Å². The summed E-state index contributed by atoms with van der Waals surface area (Å²) >= 11 is 0. The first-order chi connectivity index (χ1) is 33.3. The van der Waals surface area contributed by atoms with Crippen molar-refractivity contribution in [3.05, 3.63) is 243 Å². The van der Waals surface area contributed by atoms with Crippen LogP contribution in [0.4, 0.5) is 0 Å². The van der Waals surface area contributed by atoms with Crippen LogP contribution in [0.3, 0.4) is 0 Å². The van der Waals surface area contributed by atoms with Crippen LogP contribution in [0.2, 0.25) is 0 Å². The van der Waals surface area contributed by atoms with Crippen LogP contribution < -0.4 is 20.7 Å². The summed E-state index contributed by atoms with van der Waals surface area (Å²) in [6.45, 7) is 0. The molecular weight excluding hydrogens is 833 g/mol. The molecule has 5 heterocycles. The Morgan fingerprint density at radius 2 is 0.701 bits per heavy atom. The first kappa shape index (κ1) is 37.6. The van der Waals surface area contributed by atoms with Crippen LogP contribution in [-0.2, 0) is 0 Å². The fraction of sp³-hybridized carbons (Fsp3) is 0. The second kappa shape index (κ2) is 14.6. The van der Waals surface area contributed by atoms with E-state index in [1.165, 1.54) is 31.5 Å². The third kappa shape index (κ3) is 5.43. The second-order valence-electron chi connectivity index (χ2n) is 17.4. The van der Waals surface area contributed by atoms with E-state index in [2.05, 4.69) is 261 Å². The molecule has 0 N–H and O–H groups in total. The summed E-state index contributed by atoms with van der Waals surface area (Å²) < 4.78 is 9.36. The highest BCUT2D eigenvalue weighted by Crippen LogP contribution is 2.37. The molecule has 0 fully saturated rings. The van der Waals surface area contributed by atoms with Crippen molar-refractivity contribution in [1.82, 2.24) is 28.1 Å². The van der Waals surface area contributed by atoms with E-state index < -0.39 is 8.07 Å². The molecule has 0 aliphatic carbocycles. The van der Waals surface area contributed by atoms with Crippen molar-refractivity contribution in [2.45, 2.75) is 0 Å². The lowest BCUT2D eigenvalue weighted by molar-refractivity contribution is 1.02. The Kier molecular flexibility index (Phi) is 8.20.